The van der Waals surface area contributed by atoms with E-state index in [1.54, 1.807) is 0 Å². The highest BCUT2D eigenvalue weighted by Crippen LogP contribution is 2.22. The molecule has 0 bridgehead atoms. The minimum atomic E-state index is 0.109. The van der Waals surface area contributed by atoms with Crippen molar-refractivity contribution in [2.75, 3.05) is 13.2 Å². The number of rotatable bonds is 3. The van der Waals surface area contributed by atoms with Crippen LogP contribution in [-0.2, 0) is 18.3 Å². The van der Waals surface area contributed by atoms with Gasteiger partial charge in [0, 0.05) is 25.7 Å². The number of nitrogens with one attached hydrogen (secondary N) is 1. The summed E-state index contributed by atoms with van der Waals surface area (Å²) in [5.41, 5.74) is 2.33. The van der Waals surface area contributed by atoms with Crippen LogP contribution in [0.2, 0.25) is 0 Å². The maximum atomic E-state index is 5.42. The van der Waals surface area contributed by atoms with Crippen molar-refractivity contribution in [3.8, 4) is 0 Å². The molecule has 90 valence electrons. The molecule has 1 fully saturated rings. The Hall–Kier alpha value is -0.390. The van der Waals surface area contributed by atoms with Gasteiger partial charge in [0.1, 0.15) is 0 Å². The van der Waals surface area contributed by atoms with Crippen molar-refractivity contribution >= 4 is 15.9 Å². The maximum absolute atomic E-state index is 5.42. The van der Waals surface area contributed by atoms with Crippen molar-refractivity contribution in [2.24, 2.45) is 7.05 Å². The van der Waals surface area contributed by atoms with E-state index < -0.39 is 0 Å². The van der Waals surface area contributed by atoms with Crippen molar-refractivity contribution in [2.45, 2.75) is 32.4 Å². The van der Waals surface area contributed by atoms with Gasteiger partial charge in [-0.15, -0.1) is 0 Å². The molecule has 5 heteroatoms. The van der Waals surface area contributed by atoms with Gasteiger partial charge < -0.3 is 10.1 Å². The summed E-state index contributed by atoms with van der Waals surface area (Å²) in [6.07, 6.45) is 1.07. The molecule has 2 rings (SSSR count). The van der Waals surface area contributed by atoms with Gasteiger partial charge in [0.2, 0.25) is 0 Å². The topological polar surface area (TPSA) is 39.1 Å². The number of hydrogen-bond donors (Lipinski definition) is 1. The Balaban J connectivity index is 2.04. The standard InChI is InChI=1S/C11H18BrN3O/c1-8-10(12)9(15(3)14-8)6-13-11(2)4-5-16-7-11/h13H,4-7H2,1-3H3. The van der Waals surface area contributed by atoms with E-state index in [2.05, 4.69) is 33.3 Å². The summed E-state index contributed by atoms with van der Waals surface area (Å²) in [6.45, 7) is 6.68. The summed E-state index contributed by atoms with van der Waals surface area (Å²) in [5, 5.41) is 7.93. The van der Waals surface area contributed by atoms with Crippen LogP contribution in [0.4, 0.5) is 0 Å². The second kappa shape index (κ2) is 4.47. The normalized spacial score (nSPS) is 25.2. The van der Waals surface area contributed by atoms with Gasteiger partial charge >= 0.3 is 0 Å². The molecule has 1 saturated heterocycles. The summed E-state index contributed by atoms with van der Waals surface area (Å²) in [4.78, 5) is 0. The van der Waals surface area contributed by atoms with Crippen molar-refractivity contribution < 1.29 is 4.74 Å². The maximum Gasteiger partial charge on any atom is 0.0739 e. The molecule has 1 unspecified atom stereocenters. The Morgan fingerprint density at radius 2 is 2.38 bits per heavy atom. The first-order valence-electron chi connectivity index (χ1n) is 5.52. The minimum Gasteiger partial charge on any atom is -0.379 e. The van der Waals surface area contributed by atoms with Crippen LogP contribution < -0.4 is 5.32 Å². The van der Waals surface area contributed by atoms with Gasteiger partial charge in [0.05, 0.1) is 22.5 Å². The van der Waals surface area contributed by atoms with E-state index in [0.717, 1.165) is 36.3 Å². The Morgan fingerprint density at radius 3 is 2.88 bits per heavy atom. The van der Waals surface area contributed by atoms with E-state index in [1.807, 2.05) is 18.7 Å². The Morgan fingerprint density at radius 1 is 1.62 bits per heavy atom. The fourth-order valence-corrected chi connectivity index (χ4v) is 2.45. The fraction of sp³-hybridized carbons (Fsp3) is 0.727. The fourth-order valence-electron chi connectivity index (χ4n) is 1.98. The van der Waals surface area contributed by atoms with E-state index in [4.69, 9.17) is 4.74 Å². The molecular weight excluding hydrogens is 270 g/mol. The van der Waals surface area contributed by atoms with Gasteiger partial charge in [-0.2, -0.15) is 5.10 Å². The Labute approximate surface area is 104 Å². The third-order valence-electron chi connectivity index (χ3n) is 3.16. The lowest BCUT2D eigenvalue weighted by molar-refractivity contribution is 0.171. The first-order chi connectivity index (χ1) is 7.52. The average Bonchev–Trinajstić information content (AvgIpc) is 2.73. The van der Waals surface area contributed by atoms with Crippen molar-refractivity contribution in [1.82, 2.24) is 15.1 Å². The third-order valence-corrected chi connectivity index (χ3v) is 4.19. The molecule has 0 aliphatic carbocycles. The molecule has 16 heavy (non-hydrogen) atoms. The zero-order chi connectivity index (χ0) is 11.8. The minimum absolute atomic E-state index is 0.109. The van der Waals surface area contributed by atoms with Gasteiger partial charge in [-0.1, -0.05) is 0 Å². The van der Waals surface area contributed by atoms with Crippen LogP contribution in [0.3, 0.4) is 0 Å². The highest BCUT2D eigenvalue weighted by atomic mass is 79.9. The van der Waals surface area contributed by atoms with Crippen LogP contribution >= 0.6 is 15.9 Å². The van der Waals surface area contributed by atoms with E-state index in [1.165, 1.54) is 5.69 Å². The predicted octanol–water partition coefficient (Wildman–Crippen LogP) is 1.76. The summed E-state index contributed by atoms with van der Waals surface area (Å²) < 4.78 is 8.44. The summed E-state index contributed by atoms with van der Waals surface area (Å²) >= 11 is 3.57. The molecule has 0 aromatic carbocycles. The molecule has 2 heterocycles. The van der Waals surface area contributed by atoms with E-state index in [0.29, 0.717) is 0 Å². The Kier molecular flexibility index (Phi) is 3.37. The average molecular weight is 288 g/mol. The van der Waals surface area contributed by atoms with Crippen LogP contribution in [0.15, 0.2) is 4.47 Å². The number of aryl methyl sites for hydroxylation is 2. The van der Waals surface area contributed by atoms with Crippen molar-refractivity contribution in [3.05, 3.63) is 15.9 Å². The van der Waals surface area contributed by atoms with Gasteiger partial charge in [-0.3, -0.25) is 4.68 Å². The van der Waals surface area contributed by atoms with Gasteiger partial charge in [0.25, 0.3) is 0 Å². The smallest absolute Gasteiger partial charge is 0.0739 e. The monoisotopic (exact) mass is 287 g/mol. The molecule has 0 amide bonds. The molecule has 1 N–H and O–H groups in total. The quantitative estimate of drug-likeness (QED) is 0.921. The van der Waals surface area contributed by atoms with E-state index in [9.17, 15) is 0 Å². The molecule has 1 aromatic rings. The number of ether oxygens (including phenoxy) is 1. The molecule has 1 aromatic heterocycles. The molecule has 1 atom stereocenters. The van der Waals surface area contributed by atoms with Crippen molar-refractivity contribution in [1.29, 1.82) is 0 Å². The molecule has 4 nitrogen and oxygen atoms in total. The number of hydrogen-bond acceptors (Lipinski definition) is 3. The lowest BCUT2D eigenvalue weighted by Gasteiger charge is -2.23. The first kappa shape index (κ1) is 12.1. The van der Waals surface area contributed by atoms with Gasteiger partial charge in [-0.05, 0) is 36.2 Å². The molecule has 1 aliphatic rings. The molecule has 0 radical (unpaired) electrons. The van der Waals surface area contributed by atoms with Crippen LogP contribution in [0.5, 0.6) is 0 Å². The van der Waals surface area contributed by atoms with Crippen molar-refractivity contribution in [3.63, 3.8) is 0 Å². The van der Waals surface area contributed by atoms with Crippen LogP contribution in [0.25, 0.3) is 0 Å². The summed E-state index contributed by atoms with van der Waals surface area (Å²) in [5.74, 6) is 0. The second-order valence-electron chi connectivity index (χ2n) is 4.69. The highest BCUT2D eigenvalue weighted by Gasteiger charge is 2.29. The van der Waals surface area contributed by atoms with Crippen LogP contribution in [-0.4, -0.2) is 28.5 Å². The van der Waals surface area contributed by atoms with Gasteiger partial charge in [-0.25, -0.2) is 0 Å². The summed E-state index contributed by atoms with van der Waals surface area (Å²) in [6, 6.07) is 0. The largest absolute Gasteiger partial charge is 0.379 e. The lowest BCUT2D eigenvalue weighted by Crippen LogP contribution is -2.42. The molecule has 0 saturated carbocycles. The van der Waals surface area contributed by atoms with E-state index >= 15 is 0 Å². The SMILES string of the molecule is Cc1nn(C)c(CNC2(C)CCOC2)c1Br. The van der Waals surface area contributed by atoms with Crippen LogP contribution in [0, 0.1) is 6.92 Å². The molecular formula is C11H18BrN3O. The molecule has 1 aliphatic heterocycles. The second-order valence-corrected chi connectivity index (χ2v) is 5.48. The van der Waals surface area contributed by atoms with E-state index in [-0.39, 0.29) is 5.54 Å². The number of halogens is 1. The zero-order valence-electron chi connectivity index (χ0n) is 10.0. The number of nitrogens with zero attached hydrogens (tertiary/aromatic N) is 2. The number of aromatic nitrogens is 2. The third kappa shape index (κ3) is 2.31. The first-order valence-corrected chi connectivity index (χ1v) is 6.32. The van der Waals surface area contributed by atoms with Crippen LogP contribution in [0.1, 0.15) is 24.7 Å². The molecule has 0 spiro atoms. The lowest BCUT2D eigenvalue weighted by atomic mass is 10.0. The highest BCUT2D eigenvalue weighted by molar-refractivity contribution is 9.10. The Bertz CT molecular complexity index is 383. The van der Waals surface area contributed by atoms with Gasteiger partial charge in [0.15, 0.2) is 0 Å². The predicted molar refractivity (Wildman–Crippen MR) is 66.3 cm³/mol. The zero-order valence-corrected chi connectivity index (χ0v) is 11.6. The summed E-state index contributed by atoms with van der Waals surface area (Å²) in [7, 11) is 1.97.